The number of amides is 2. The van der Waals surface area contributed by atoms with Crippen molar-refractivity contribution in [3.63, 3.8) is 0 Å². The third kappa shape index (κ3) is 2.28. The fraction of sp³-hybridized carbons (Fsp3) is 0.0833. The van der Waals surface area contributed by atoms with E-state index < -0.39 is 17.1 Å². The van der Waals surface area contributed by atoms with Crippen molar-refractivity contribution in [1.82, 2.24) is 0 Å². The van der Waals surface area contributed by atoms with E-state index in [1.54, 1.807) is 30.3 Å². The lowest BCUT2D eigenvalue weighted by atomic mass is 10.3. The molecule has 1 aliphatic rings. The van der Waals surface area contributed by atoms with Crippen LogP contribution >= 0.6 is 11.8 Å². The van der Waals surface area contributed by atoms with Crippen molar-refractivity contribution in [1.29, 1.82) is 0 Å². The Kier molecular flexibility index (Phi) is 3.47. The molecular formula is C12H9NO4S. The van der Waals surface area contributed by atoms with Gasteiger partial charge >= 0.3 is 5.97 Å². The van der Waals surface area contributed by atoms with Gasteiger partial charge in [-0.15, -0.1) is 0 Å². The number of anilines is 1. The monoisotopic (exact) mass is 263 g/mol. The second-order valence-corrected chi connectivity index (χ2v) is 4.37. The van der Waals surface area contributed by atoms with E-state index in [-0.39, 0.29) is 4.91 Å². The maximum atomic E-state index is 12.0. The Morgan fingerprint density at radius 1 is 1.28 bits per heavy atom. The fourth-order valence-corrected chi connectivity index (χ4v) is 2.23. The van der Waals surface area contributed by atoms with Crippen molar-refractivity contribution in [2.75, 3.05) is 12.0 Å². The smallest absolute Gasteiger partial charge is 0.331 e. The minimum Gasteiger partial charge on any atom is -0.466 e. The lowest BCUT2D eigenvalue weighted by molar-refractivity contribution is -0.135. The third-order valence-corrected chi connectivity index (χ3v) is 3.13. The van der Waals surface area contributed by atoms with Crippen molar-refractivity contribution in [3.8, 4) is 0 Å². The van der Waals surface area contributed by atoms with Crippen molar-refractivity contribution in [3.05, 3.63) is 41.3 Å². The molecule has 5 nitrogen and oxygen atoms in total. The number of ether oxygens (including phenoxy) is 1. The molecule has 0 spiro atoms. The Morgan fingerprint density at radius 2 is 1.94 bits per heavy atom. The van der Waals surface area contributed by atoms with Crippen LogP contribution in [-0.4, -0.2) is 24.2 Å². The summed E-state index contributed by atoms with van der Waals surface area (Å²) in [5, 5.41) is -0.429. The molecule has 18 heavy (non-hydrogen) atoms. The van der Waals surface area contributed by atoms with Crippen LogP contribution in [0.4, 0.5) is 10.5 Å². The summed E-state index contributed by atoms with van der Waals surface area (Å²) in [6.07, 6.45) is 1.02. The number of methoxy groups -OCH3 is 1. The zero-order chi connectivity index (χ0) is 13.1. The fourth-order valence-electron chi connectivity index (χ4n) is 1.43. The van der Waals surface area contributed by atoms with Crippen molar-refractivity contribution in [2.24, 2.45) is 0 Å². The van der Waals surface area contributed by atoms with Crippen LogP contribution in [0.15, 0.2) is 41.3 Å². The first-order chi connectivity index (χ1) is 8.63. The lowest BCUT2D eigenvalue weighted by Gasteiger charge is -2.11. The van der Waals surface area contributed by atoms with Crippen LogP contribution in [0.1, 0.15) is 0 Å². The van der Waals surface area contributed by atoms with Gasteiger partial charge in [0.2, 0.25) is 0 Å². The van der Waals surface area contributed by atoms with E-state index in [0.29, 0.717) is 5.69 Å². The maximum Gasteiger partial charge on any atom is 0.331 e. The summed E-state index contributed by atoms with van der Waals surface area (Å²) < 4.78 is 4.43. The summed E-state index contributed by atoms with van der Waals surface area (Å²) in [5.41, 5.74) is 0.480. The van der Waals surface area contributed by atoms with Crippen molar-refractivity contribution >= 4 is 34.6 Å². The molecule has 0 saturated carbocycles. The van der Waals surface area contributed by atoms with Crippen molar-refractivity contribution < 1.29 is 19.1 Å². The SMILES string of the molecule is COC(=O)C=C1SC(=O)N(c2ccccc2)C1=O. The lowest BCUT2D eigenvalue weighted by Crippen LogP contribution is -2.27. The minimum atomic E-state index is -0.659. The summed E-state index contributed by atoms with van der Waals surface area (Å²) in [6, 6.07) is 8.53. The highest BCUT2D eigenvalue weighted by Gasteiger charge is 2.36. The molecule has 0 N–H and O–H groups in total. The molecule has 92 valence electrons. The van der Waals surface area contributed by atoms with Gasteiger partial charge < -0.3 is 4.74 Å². The quantitative estimate of drug-likeness (QED) is 0.602. The highest BCUT2D eigenvalue weighted by Crippen LogP contribution is 2.34. The molecule has 0 aromatic heterocycles. The number of carbonyl (C=O) groups is 3. The number of nitrogens with zero attached hydrogens (tertiary/aromatic N) is 1. The van der Waals surface area contributed by atoms with Gasteiger partial charge in [0.05, 0.1) is 17.7 Å². The molecule has 0 radical (unpaired) electrons. The highest BCUT2D eigenvalue weighted by atomic mass is 32.2. The molecule has 0 bridgehead atoms. The molecule has 2 rings (SSSR count). The molecule has 1 heterocycles. The molecule has 0 aliphatic carbocycles. The second kappa shape index (κ2) is 5.05. The number of benzene rings is 1. The van der Waals surface area contributed by atoms with Crippen LogP contribution < -0.4 is 4.90 Å². The number of rotatable bonds is 2. The first-order valence-corrected chi connectivity index (χ1v) is 5.86. The van der Waals surface area contributed by atoms with E-state index in [1.807, 2.05) is 0 Å². The zero-order valence-electron chi connectivity index (χ0n) is 9.45. The predicted molar refractivity (Wildman–Crippen MR) is 67.0 cm³/mol. The van der Waals surface area contributed by atoms with Gasteiger partial charge in [-0.2, -0.15) is 0 Å². The van der Waals surface area contributed by atoms with E-state index in [9.17, 15) is 14.4 Å². The summed E-state index contributed by atoms with van der Waals surface area (Å²) >= 11 is 0.718. The number of carbonyl (C=O) groups excluding carboxylic acids is 3. The molecule has 1 saturated heterocycles. The first kappa shape index (κ1) is 12.4. The summed E-state index contributed by atoms with van der Waals surface area (Å²) in [5.74, 6) is -1.17. The molecule has 1 aliphatic heterocycles. The predicted octanol–water partition coefficient (Wildman–Crippen LogP) is 1.94. The van der Waals surface area contributed by atoms with Crippen LogP contribution in [0.5, 0.6) is 0 Å². The van der Waals surface area contributed by atoms with Crippen LogP contribution in [0, 0.1) is 0 Å². The minimum absolute atomic E-state index is 0.0655. The van der Waals surface area contributed by atoms with E-state index in [0.717, 1.165) is 22.7 Å². The number of imide groups is 1. The largest absolute Gasteiger partial charge is 0.466 e. The normalized spacial score (nSPS) is 17.4. The van der Waals surface area contributed by atoms with Gasteiger partial charge in [0.1, 0.15) is 0 Å². The van der Waals surface area contributed by atoms with Gasteiger partial charge in [0.25, 0.3) is 11.1 Å². The summed E-state index contributed by atoms with van der Waals surface area (Å²) in [6.45, 7) is 0. The zero-order valence-corrected chi connectivity index (χ0v) is 10.3. The number of hydrogen-bond donors (Lipinski definition) is 0. The molecule has 0 unspecified atom stereocenters. The van der Waals surface area contributed by atoms with Gasteiger partial charge in [-0.1, -0.05) is 18.2 Å². The van der Waals surface area contributed by atoms with Gasteiger partial charge in [-0.05, 0) is 23.9 Å². The number of thioether (sulfide) groups is 1. The number of hydrogen-bond acceptors (Lipinski definition) is 5. The molecule has 1 aromatic carbocycles. The Labute approximate surface area is 107 Å². The number of esters is 1. The molecule has 1 fully saturated rings. The Morgan fingerprint density at radius 3 is 2.56 bits per heavy atom. The van der Waals surface area contributed by atoms with Crippen LogP contribution in [0.2, 0.25) is 0 Å². The Balaban J connectivity index is 2.31. The van der Waals surface area contributed by atoms with E-state index in [1.165, 1.54) is 7.11 Å². The Hall–Kier alpha value is -2.08. The van der Waals surface area contributed by atoms with E-state index in [2.05, 4.69) is 4.74 Å². The highest BCUT2D eigenvalue weighted by molar-refractivity contribution is 8.18. The van der Waals surface area contributed by atoms with Gasteiger partial charge in [-0.25, -0.2) is 9.69 Å². The van der Waals surface area contributed by atoms with E-state index >= 15 is 0 Å². The average molecular weight is 263 g/mol. The third-order valence-electron chi connectivity index (χ3n) is 2.26. The topological polar surface area (TPSA) is 63.7 Å². The standard InChI is InChI=1S/C12H9NO4S/c1-17-10(14)7-9-11(15)13(12(16)18-9)8-5-3-2-4-6-8/h2-7H,1H3. The average Bonchev–Trinajstić information content (AvgIpc) is 2.65. The number of para-hydroxylation sites is 1. The maximum absolute atomic E-state index is 12.0. The summed E-state index contributed by atoms with van der Waals surface area (Å²) in [7, 11) is 1.21. The van der Waals surface area contributed by atoms with E-state index in [4.69, 9.17) is 0 Å². The van der Waals surface area contributed by atoms with Gasteiger partial charge in [0, 0.05) is 6.08 Å². The molecular weight excluding hydrogens is 254 g/mol. The second-order valence-electron chi connectivity index (χ2n) is 3.38. The first-order valence-electron chi connectivity index (χ1n) is 5.04. The van der Waals surface area contributed by atoms with Crippen LogP contribution in [-0.2, 0) is 14.3 Å². The molecule has 6 heteroatoms. The van der Waals surface area contributed by atoms with Crippen molar-refractivity contribution in [2.45, 2.75) is 0 Å². The van der Waals surface area contributed by atoms with Crippen LogP contribution in [0.25, 0.3) is 0 Å². The Bertz CT molecular complexity index is 538. The molecule has 2 amide bonds. The summed E-state index contributed by atoms with van der Waals surface area (Å²) in [4.78, 5) is 35.9. The van der Waals surface area contributed by atoms with Gasteiger partial charge in [0.15, 0.2) is 0 Å². The molecule has 1 aromatic rings. The van der Waals surface area contributed by atoms with Crippen LogP contribution in [0.3, 0.4) is 0 Å². The molecule has 0 atom stereocenters. The van der Waals surface area contributed by atoms with Gasteiger partial charge in [-0.3, -0.25) is 9.59 Å².